The standard InChI is InChI=1S/C14H10N2O/c1-2-12-9-17-10-13(12)14(3-1)16-8-11-4-6-15-7-5-11/h1-10H/b16-8+. The van der Waals surface area contributed by atoms with Gasteiger partial charge in [0.05, 0.1) is 12.0 Å². The van der Waals surface area contributed by atoms with Crippen molar-refractivity contribution in [1.82, 2.24) is 4.98 Å². The molecule has 82 valence electrons. The van der Waals surface area contributed by atoms with Crippen molar-refractivity contribution in [2.75, 3.05) is 0 Å². The van der Waals surface area contributed by atoms with Gasteiger partial charge in [0.2, 0.25) is 0 Å². The number of rotatable bonds is 2. The third kappa shape index (κ3) is 1.95. The Morgan fingerprint density at radius 2 is 1.94 bits per heavy atom. The monoisotopic (exact) mass is 222 g/mol. The van der Waals surface area contributed by atoms with Gasteiger partial charge >= 0.3 is 0 Å². The Labute approximate surface area is 98.4 Å². The SMILES string of the molecule is C(=N\c1cccc2cocc12)/c1ccncc1. The average Bonchev–Trinajstić information content (AvgIpc) is 2.86. The van der Waals surface area contributed by atoms with E-state index >= 15 is 0 Å². The smallest absolute Gasteiger partial charge is 0.100 e. The molecule has 0 N–H and O–H groups in total. The number of benzene rings is 1. The highest BCUT2D eigenvalue weighted by molar-refractivity contribution is 5.94. The highest BCUT2D eigenvalue weighted by Gasteiger charge is 2.00. The van der Waals surface area contributed by atoms with E-state index in [0.29, 0.717) is 0 Å². The topological polar surface area (TPSA) is 38.4 Å². The zero-order valence-corrected chi connectivity index (χ0v) is 9.08. The molecule has 3 aromatic rings. The molecular formula is C14H10N2O. The maximum Gasteiger partial charge on any atom is 0.100 e. The largest absolute Gasteiger partial charge is 0.471 e. The number of aliphatic imine (C=N–C) groups is 1. The summed E-state index contributed by atoms with van der Waals surface area (Å²) in [5, 5.41) is 2.09. The fourth-order valence-electron chi connectivity index (χ4n) is 1.68. The number of fused-ring (bicyclic) bond motifs is 1. The fourth-order valence-corrected chi connectivity index (χ4v) is 1.68. The molecule has 0 aliphatic rings. The lowest BCUT2D eigenvalue weighted by molar-refractivity contribution is 0.572. The summed E-state index contributed by atoms with van der Waals surface area (Å²) in [5.74, 6) is 0. The summed E-state index contributed by atoms with van der Waals surface area (Å²) in [7, 11) is 0. The second-order valence-electron chi connectivity index (χ2n) is 3.69. The minimum absolute atomic E-state index is 0.910. The predicted molar refractivity (Wildman–Crippen MR) is 67.7 cm³/mol. The molecule has 2 aromatic heterocycles. The molecule has 0 fully saturated rings. The maximum absolute atomic E-state index is 5.17. The molecule has 0 spiro atoms. The van der Waals surface area contributed by atoms with Crippen LogP contribution in [0.2, 0.25) is 0 Å². The predicted octanol–water partition coefficient (Wildman–Crippen LogP) is 3.58. The highest BCUT2D eigenvalue weighted by Crippen LogP contribution is 2.26. The molecule has 0 radical (unpaired) electrons. The number of aromatic nitrogens is 1. The van der Waals surface area contributed by atoms with Crippen LogP contribution >= 0.6 is 0 Å². The molecule has 3 heteroatoms. The zero-order chi connectivity index (χ0) is 11.5. The van der Waals surface area contributed by atoms with Gasteiger partial charge in [0.1, 0.15) is 6.26 Å². The summed E-state index contributed by atoms with van der Waals surface area (Å²) in [4.78, 5) is 8.43. The van der Waals surface area contributed by atoms with Crippen molar-refractivity contribution >= 4 is 22.7 Å². The Bertz CT molecular complexity index is 656. The van der Waals surface area contributed by atoms with E-state index in [1.807, 2.05) is 36.5 Å². The van der Waals surface area contributed by atoms with Crippen molar-refractivity contribution in [2.45, 2.75) is 0 Å². The van der Waals surface area contributed by atoms with Crippen LogP contribution in [-0.4, -0.2) is 11.2 Å². The highest BCUT2D eigenvalue weighted by atomic mass is 16.3. The lowest BCUT2D eigenvalue weighted by Crippen LogP contribution is -1.80. The van der Waals surface area contributed by atoms with Crippen LogP contribution in [0.1, 0.15) is 5.56 Å². The summed E-state index contributed by atoms with van der Waals surface area (Å²) in [6.07, 6.45) is 8.76. The number of furan rings is 1. The first-order chi connectivity index (χ1) is 8.43. The van der Waals surface area contributed by atoms with Gasteiger partial charge in [0.25, 0.3) is 0 Å². The van der Waals surface area contributed by atoms with Gasteiger partial charge < -0.3 is 4.42 Å². The molecule has 0 amide bonds. The van der Waals surface area contributed by atoms with Gasteiger partial charge in [-0.05, 0) is 23.8 Å². The van der Waals surface area contributed by atoms with Gasteiger partial charge in [0, 0.05) is 29.4 Å². The molecule has 0 bridgehead atoms. The van der Waals surface area contributed by atoms with Crippen LogP contribution in [0.4, 0.5) is 5.69 Å². The molecule has 3 rings (SSSR count). The zero-order valence-electron chi connectivity index (χ0n) is 9.08. The summed E-state index contributed by atoms with van der Waals surface area (Å²) < 4.78 is 5.17. The Hall–Kier alpha value is -2.42. The van der Waals surface area contributed by atoms with Crippen LogP contribution in [0.3, 0.4) is 0 Å². The molecule has 17 heavy (non-hydrogen) atoms. The van der Waals surface area contributed by atoms with Crippen molar-refractivity contribution in [3.63, 3.8) is 0 Å². The second kappa shape index (κ2) is 4.22. The van der Waals surface area contributed by atoms with E-state index in [4.69, 9.17) is 4.42 Å². The van der Waals surface area contributed by atoms with E-state index in [2.05, 4.69) is 9.98 Å². The molecule has 0 aliphatic heterocycles. The Morgan fingerprint density at radius 1 is 1.06 bits per heavy atom. The summed E-state index contributed by atoms with van der Waals surface area (Å²) in [6, 6.07) is 9.77. The molecular weight excluding hydrogens is 212 g/mol. The quantitative estimate of drug-likeness (QED) is 0.621. The van der Waals surface area contributed by atoms with Crippen LogP contribution < -0.4 is 0 Å². The number of hydrogen-bond donors (Lipinski definition) is 0. The third-order valence-corrected chi connectivity index (χ3v) is 2.56. The van der Waals surface area contributed by atoms with Gasteiger partial charge in [-0.2, -0.15) is 0 Å². The minimum Gasteiger partial charge on any atom is -0.471 e. The molecule has 0 atom stereocenters. The van der Waals surface area contributed by atoms with E-state index in [1.54, 1.807) is 24.9 Å². The molecule has 3 nitrogen and oxygen atoms in total. The minimum atomic E-state index is 0.910. The number of nitrogens with zero attached hydrogens (tertiary/aromatic N) is 2. The molecule has 0 saturated heterocycles. The van der Waals surface area contributed by atoms with E-state index in [-0.39, 0.29) is 0 Å². The van der Waals surface area contributed by atoms with Crippen molar-refractivity contribution < 1.29 is 4.42 Å². The van der Waals surface area contributed by atoms with Gasteiger partial charge in [-0.1, -0.05) is 12.1 Å². The Morgan fingerprint density at radius 3 is 2.82 bits per heavy atom. The molecule has 2 heterocycles. The lowest BCUT2D eigenvalue weighted by atomic mass is 10.2. The van der Waals surface area contributed by atoms with Gasteiger partial charge in [-0.25, -0.2) is 0 Å². The fraction of sp³-hybridized carbons (Fsp3) is 0. The second-order valence-corrected chi connectivity index (χ2v) is 3.69. The lowest BCUT2D eigenvalue weighted by Gasteiger charge is -1.95. The van der Waals surface area contributed by atoms with Crippen molar-refractivity contribution in [2.24, 2.45) is 4.99 Å². The average molecular weight is 222 g/mol. The Kier molecular flexibility index (Phi) is 2.43. The van der Waals surface area contributed by atoms with Gasteiger partial charge in [-0.15, -0.1) is 0 Å². The van der Waals surface area contributed by atoms with Crippen LogP contribution in [0.5, 0.6) is 0 Å². The summed E-state index contributed by atoms with van der Waals surface area (Å²) >= 11 is 0. The van der Waals surface area contributed by atoms with E-state index in [9.17, 15) is 0 Å². The van der Waals surface area contributed by atoms with Crippen LogP contribution in [-0.2, 0) is 0 Å². The number of pyridine rings is 1. The summed E-state index contributed by atoms with van der Waals surface area (Å²) in [5.41, 5.74) is 1.94. The third-order valence-electron chi connectivity index (χ3n) is 2.56. The first-order valence-electron chi connectivity index (χ1n) is 5.32. The molecule has 0 saturated carbocycles. The number of hydrogen-bond acceptors (Lipinski definition) is 3. The first kappa shape index (κ1) is 9.78. The van der Waals surface area contributed by atoms with Crippen LogP contribution in [0.15, 0.2) is 64.7 Å². The van der Waals surface area contributed by atoms with Crippen molar-refractivity contribution in [3.05, 3.63) is 60.8 Å². The van der Waals surface area contributed by atoms with Crippen molar-refractivity contribution in [1.29, 1.82) is 0 Å². The normalized spacial score (nSPS) is 11.3. The van der Waals surface area contributed by atoms with Crippen LogP contribution in [0, 0.1) is 0 Å². The first-order valence-corrected chi connectivity index (χ1v) is 5.32. The van der Waals surface area contributed by atoms with Crippen molar-refractivity contribution in [3.8, 4) is 0 Å². The Balaban J connectivity index is 2.00. The maximum atomic E-state index is 5.17. The molecule has 0 unspecified atom stereocenters. The van der Waals surface area contributed by atoms with Crippen LogP contribution in [0.25, 0.3) is 10.8 Å². The molecule has 1 aromatic carbocycles. The van der Waals surface area contributed by atoms with E-state index < -0.39 is 0 Å². The van der Waals surface area contributed by atoms with E-state index in [0.717, 1.165) is 22.0 Å². The van der Waals surface area contributed by atoms with Gasteiger partial charge in [0.15, 0.2) is 0 Å². The van der Waals surface area contributed by atoms with E-state index in [1.165, 1.54) is 0 Å². The van der Waals surface area contributed by atoms with Gasteiger partial charge in [-0.3, -0.25) is 9.98 Å². The molecule has 0 aliphatic carbocycles. The summed E-state index contributed by atoms with van der Waals surface area (Å²) in [6.45, 7) is 0.